The van der Waals surface area contributed by atoms with Gasteiger partial charge in [-0.15, -0.1) is 11.3 Å². The van der Waals surface area contributed by atoms with Crippen LogP contribution in [-0.4, -0.2) is 0 Å². The summed E-state index contributed by atoms with van der Waals surface area (Å²) in [6.07, 6.45) is 0. The minimum atomic E-state index is -0.542. The van der Waals surface area contributed by atoms with Crippen LogP contribution < -0.4 is 4.90 Å². The van der Waals surface area contributed by atoms with Gasteiger partial charge in [0.2, 0.25) is 0 Å². The number of benzene rings is 11. The van der Waals surface area contributed by atoms with Gasteiger partial charge in [0.1, 0.15) is 0 Å². The van der Waals surface area contributed by atoms with E-state index >= 15 is 0 Å². The molecule has 0 spiro atoms. The first-order valence-electron chi connectivity index (χ1n) is 23.1. The van der Waals surface area contributed by atoms with E-state index in [9.17, 15) is 0 Å². The van der Waals surface area contributed by atoms with Crippen LogP contribution in [0, 0.1) is 0 Å². The summed E-state index contributed by atoms with van der Waals surface area (Å²) in [7, 11) is 0. The summed E-state index contributed by atoms with van der Waals surface area (Å²) in [4.78, 5) is 2.57. The summed E-state index contributed by atoms with van der Waals surface area (Å²) >= 11 is 1.90. The molecule has 0 atom stereocenters. The molecule has 12 aromatic rings. The third kappa shape index (κ3) is 6.29. The Hall–Kier alpha value is -8.30. The van der Waals surface area contributed by atoms with Crippen LogP contribution >= 0.6 is 11.3 Å². The minimum absolute atomic E-state index is 0.542. The first-order chi connectivity index (χ1) is 33.2. The fourth-order valence-electron chi connectivity index (χ4n) is 10.9. The molecule has 0 aliphatic heterocycles. The maximum absolute atomic E-state index is 2.57. The minimum Gasteiger partial charge on any atom is -0.308 e. The molecule has 1 aromatic heterocycles. The lowest BCUT2D eigenvalue weighted by molar-refractivity contribution is 0.768. The highest BCUT2D eigenvalue weighted by molar-refractivity contribution is 7.27. The smallest absolute Gasteiger partial charge is 0.0714 e. The summed E-state index contributed by atoms with van der Waals surface area (Å²) in [6, 6.07) is 96.4. The zero-order valence-electron chi connectivity index (χ0n) is 36.7. The van der Waals surface area contributed by atoms with Crippen LogP contribution in [0.25, 0.3) is 75.5 Å². The van der Waals surface area contributed by atoms with Gasteiger partial charge in [-0.3, -0.25) is 0 Å². The van der Waals surface area contributed by atoms with Crippen LogP contribution in [-0.2, 0) is 5.41 Å². The quantitative estimate of drug-likeness (QED) is 0.147. The van der Waals surface area contributed by atoms with Crippen molar-refractivity contribution < 1.29 is 0 Å². The predicted octanol–water partition coefficient (Wildman–Crippen LogP) is 18.0. The maximum Gasteiger partial charge on any atom is 0.0714 e. The van der Waals surface area contributed by atoms with Crippen molar-refractivity contribution in [3.05, 3.63) is 283 Å². The Kier molecular flexibility index (Phi) is 9.33. The average Bonchev–Trinajstić information content (AvgIpc) is 3.94. The molecule has 1 heterocycles. The molecule has 0 bridgehead atoms. The van der Waals surface area contributed by atoms with Gasteiger partial charge in [0.25, 0.3) is 0 Å². The van der Waals surface area contributed by atoms with Crippen molar-refractivity contribution in [3.8, 4) is 44.5 Å². The van der Waals surface area contributed by atoms with E-state index in [-0.39, 0.29) is 0 Å². The topological polar surface area (TPSA) is 3.24 Å². The van der Waals surface area contributed by atoms with E-state index in [1.807, 2.05) is 11.3 Å². The molecule has 0 amide bonds. The molecule has 0 radical (unpaired) electrons. The van der Waals surface area contributed by atoms with E-state index in [1.165, 1.54) is 97.7 Å². The van der Waals surface area contributed by atoms with Gasteiger partial charge >= 0.3 is 0 Å². The Morgan fingerprint density at radius 1 is 0.313 bits per heavy atom. The zero-order chi connectivity index (χ0) is 44.3. The lowest BCUT2D eigenvalue weighted by atomic mass is 9.68. The third-order valence-corrected chi connectivity index (χ3v) is 15.2. The highest BCUT2D eigenvalue weighted by Gasteiger charge is 2.47. The van der Waals surface area contributed by atoms with Crippen molar-refractivity contribution in [2.75, 3.05) is 4.90 Å². The van der Waals surface area contributed by atoms with E-state index in [2.05, 4.69) is 266 Å². The van der Waals surface area contributed by atoms with Gasteiger partial charge in [-0.25, -0.2) is 0 Å². The standard InChI is InChI=1S/C65H43NS/c1-5-19-44(20-6-1)50-42-57-55-31-17-30-54(47-22-7-2-8-23-47)63(55)67-64(57)61(43-50)66(53-39-37-46(38-40-53)49-36-35-45-21-13-14-24-48(45)41-49)60-34-18-33-59-62(60)56-29-15-16-32-58(56)65(59,51-25-9-3-10-26-51)52-27-11-4-12-28-52/h1-43H. The third-order valence-electron chi connectivity index (χ3n) is 13.9. The number of rotatable bonds is 8. The molecule has 13 rings (SSSR count). The second kappa shape index (κ2) is 16.0. The van der Waals surface area contributed by atoms with E-state index in [0.29, 0.717) is 0 Å². The van der Waals surface area contributed by atoms with E-state index < -0.39 is 5.41 Å². The Balaban J connectivity index is 1.12. The summed E-state index contributed by atoms with van der Waals surface area (Å²) in [5.74, 6) is 0. The second-order valence-electron chi connectivity index (χ2n) is 17.6. The molecule has 1 aliphatic rings. The van der Waals surface area contributed by atoms with Gasteiger partial charge in [-0.05, 0) is 108 Å². The number of anilines is 3. The fraction of sp³-hybridized carbons (Fsp3) is 0.0154. The highest BCUT2D eigenvalue weighted by Crippen LogP contribution is 2.60. The molecule has 0 fully saturated rings. The van der Waals surface area contributed by atoms with Crippen molar-refractivity contribution in [1.82, 2.24) is 0 Å². The Morgan fingerprint density at radius 2 is 0.881 bits per heavy atom. The molecule has 0 unspecified atom stereocenters. The number of fused-ring (bicyclic) bond motifs is 7. The summed E-state index contributed by atoms with van der Waals surface area (Å²) < 4.78 is 2.54. The van der Waals surface area contributed by atoms with Crippen molar-refractivity contribution >= 4 is 59.3 Å². The van der Waals surface area contributed by atoms with E-state index in [1.54, 1.807) is 0 Å². The number of nitrogens with zero attached hydrogens (tertiary/aromatic N) is 1. The lowest BCUT2D eigenvalue weighted by Crippen LogP contribution is -2.28. The zero-order valence-corrected chi connectivity index (χ0v) is 37.5. The lowest BCUT2D eigenvalue weighted by Gasteiger charge is -2.34. The van der Waals surface area contributed by atoms with Gasteiger partial charge in [0.05, 0.1) is 21.5 Å². The van der Waals surface area contributed by atoms with Crippen LogP contribution in [0.1, 0.15) is 22.3 Å². The van der Waals surface area contributed by atoms with Crippen LogP contribution in [0.5, 0.6) is 0 Å². The monoisotopic (exact) mass is 869 g/mol. The van der Waals surface area contributed by atoms with Crippen molar-refractivity contribution in [3.63, 3.8) is 0 Å². The fourth-order valence-corrected chi connectivity index (χ4v) is 12.3. The van der Waals surface area contributed by atoms with Crippen molar-refractivity contribution in [1.29, 1.82) is 0 Å². The first-order valence-corrected chi connectivity index (χ1v) is 23.9. The van der Waals surface area contributed by atoms with Crippen molar-refractivity contribution in [2.45, 2.75) is 5.41 Å². The van der Waals surface area contributed by atoms with Gasteiger partial charge < -0.3 is 4.90 Å². The Morgan fingerprint density at radius 3 is 1.61 bits per heavy atom. The number of hydrogen-bond donors (Lipinski definition) is 0. The van der Waals surface area contributed by atoms with Crippen molar-refractivity contribution in [2.24, 2.45) is 0 Å². The first kappa shape index (κ1) is 39.1. The number of hydrogen-bond acceptors (Lipinski definition) is 2. The molecule has 0 N–H and O–H groups in total. The molecule has 11 aromatic carbocycles. The maximum atomic E-state index is 2.57. The normalized spacial score (nSPS) is 12.6. The van der Waals surface area contributed by atoms with Gasteiger partial charge in [0, 0.05) is 26.7 Å². The number of thiophene rings is 1. The largest absolute Gasteiger partial charge is 0.308 e. The van der Waals surface area contributed by atoms with E-state index in [4.69, 9.17) is 0 Å². The van der Waals surface area contributed by atoms with Crippen LogP contribution in [0.15, 0.2) is 261 Å². The molecule has 2 heteroatoms. The average molecular weight is 870 g/mol. The molecule has 1 nitrogen and oxygen atoms in total. The van der Waals surface area contributed by atoms with Crippen LogP contribution in [0.3, 0.4) is 0 Å². The SMILES string of the molecule is c1ccc(-c2cc(N(c3ccc(-c4ccc5ccccc5c4)cc3)c3cccc4c3-c3ccccc3C4(c3ccccc3)c3ccccc3)c3sc4c(-c5ccccc5)cccc4c3c2)cc1. The molecule has 0 saturated carbocycles. The summed E-state index contributed by atoms with van der Waals surface area (Å²) in [5, 5.41) is 5.00. The highest BCUT2D eigenvalue weighted by atomic mass is 32.1. The van der Waals surface area contributed by atoms with Crippen LogP contribution in [0.2, 0.25) is 0 Å². The van der Waals surface area contributed by atoms with Gasteiger partial charge in [0.15, 0.2) is 0 Å². The summed E-state index contributed by atoms with van der Waals surface area (Å²) in [5.41, 5.74) is 17.6. The Bertz CT molecular complexity index is 3740. The molecule has 314 valence electrons. The van der Waals surface area contributed by atoms with E-state index in [0.717, 1.165) is 17.1 Å². The molecule has 1 aliphatic carbocycles. The molecular formula is C65H43NS. The predicted molar refractivity (Wildman–Crippen MR) is 285 cm³/mol. The molecule has 67 heavy (non-hydrogen) atoms. The van der Waals surface area contributed by atoms with Gasteiger partial charge in [-0.1, -0.05) is 224 Å². The Labute approximate surface area is 395 Å². The second-order valence-corrected chi connectivity index (χ2v) is 18.6. The molecule has 0 saturated heterocycles. The molecular weight excluding hydrogens is 827 g/mol. The van der Waals surface area contributed by atoms with Crippen LogP contribution in [0.4, 0.5) is 17.1 Å². The van der Waals surface area contributed by atoms with Gasteiger partial charge in [-0.2, -0.15) is 0 Å². The summed E-state index contributed by atoms with van der Waals surface area (Å²) in [6.45, 7) is 0.